The molecule has 282 valence electrons. The number of para-hydroxylation sites is 1. The maximum atomic E-state index is 13.6. The average Bonchev–Trinajstić information content (AvgIpc) is 3.12. The molecule has 14 nitrogen and oxygen atoms in total. The van der Waals surface area contributed by atoms with Crippen molar-refractivity contribution in [3.05, 3.63) is 95.6 Å². The Kier molecular flexibility index (Phi) is 14.9. The number of aliphatic carboxylic acids is 1. The fraction of sp³-hybridized carbons (Fsp3) is 0.385. The molecular formula is C39H48N6O8. The van der Waals surface area contributed by atoms with E-state index in [1.807, 2.05) is 69.3 Å². The van der Waals surface area contributed by atoms with Crippen molar-refractivity contribution in [3.8, 4) is 0 Å². The van der Waals surface area contributed by atoms with Crippen LogP contribution >= 0.6 is 0 Å². The van der Waals surface area contributed by atoms with Gasteiger partial charge in [0.2, 0.25) is 23.6 Å². The number of urea groups is 1. The van der Waals surface area contributed by atoms with Crippen LogP contribution in [0.2, 0.25) is 0 Å². The van der Waals surface area contributed by atoms with Crippen LogP contribution in [0.25, 0.3) is 0 Å². The molecule has 0 aliphatic carbocycles. The van der Waals surface area contributed by atoms with Crippen LogP contribution in [-0.2, 0) is 41.6 Å². The number of nitrogens with zero attached hydrogens (tertiary/aromatic N) is 1. The van der Waals surface area contributed by atoms with Gasteiger partial charge in [0.05, 0.1) is 26.1 Å². The van der Waals surface area contributed by atoms with E-state index in [1.165, 1.54) is 0 Å². The van der Waals surface area contributed by atoms with Gasteiger partial charge in [-0.3, -0.25) is 24.0 Å². The van der Waals surface area contributed by atoms with Crippen molar-refractivity contribution in [1.82, 2.24) is 20.9 Å². The number of carbonyl (C=O) groups is 6. The summed E-state index contributed by atoms with van der Waals surface area (Å²) in [6.45, 7) is 7.01. The number of hydrogen-bond acceptors (Lipinski definition) is 7. The topological polar surface area (TPSA) is 195 Å². The van der Waals surface area contributed by atoms with Gasteiger partial charge in [-0.2, -0.15) is 0 Å². The number of amides is 6. The molecule has 1 aliphatic rings. The van der Waals surface area contributed by atoms with E-state index in [4.69, 9.17) is 4.74 Å². The fourth-order valence-corrected chi connectivity index (χ4v) is 5.82. The van der Waals surface area contributed by atoms with Crippen LogP contribution in [0.15, 0.2) is 78.9 Å². The Hall–Kier alpha value is -5.76. The molecule has 14 heteroatoms. The summed E-state index contributed by atoms with van der Waals surface area (Å²) in [5, 5.41) is 23.1. The Balaban J connectivity index is 1.39. The third-order valence-corrected chi connectivity index (χ3v) is 8.56. The summed E-state index contributed by atoms with van der Waals surface area (Å²) in [5.41, 5.74) is 3.51. The Morgan fingerprint density at radius 3 is 2.00 bits per heavy atom. The molecular weight excluding hydrogens is 680 g/mol. The molecule has 53 heavy (non-hydrogen) atoms. The molecule has 4 rings (SSSR count). The van der Waals surface area contributed by atoms with Crippen LogP contribution in [0.4, 0.5) is 16.2 Å². The van der Waals surface area contributed by atoms with Crippen LogP contribution in [-0.4, -0.2) is 90.1 Å². The first-order valence-electron chi connectivity index (χ1n) is 17.6. The molecule has 1 aliphatic heterocycles. The summed E-state index contributed by atoms with van der Waals surface area (Å²) < 4.78 is 5.36. The summed E-state index contributed by atoms with van der Waals surface area (Å²) in [5.74, 6) is -3.76. The predicted octanol–water partition coefficient (Wildman–Crippen LogP) is 3.26. The normalized spacial score (nSPS) is 14.3. The molecule has 0 aromatic heterocycles. The van der Waals surface area contributed by atoms with E-state index in [9.17, 15) is 33.9 Å². The van der Waals surface area contributed by atoms with Gasteiger partial charge in [0.25, 0.3) is 0 Å². The monoisotopic (exact) mass is 728 g/mol. The number of carboxylic acids is 1. The zero-order valence-corrected chi connectivity index (χ0v) is 30.2. The molecule has 2 unspecified atom stereocenters. The molecule has 0 radical (unpaired) electrons. The van der Waals surface area contributed by atoms with Crippen LogP contribution in [0.5, 0.6) is 0 Å². The molecule has 1 saturated heterocycles. The van der Waals surface area contributed by atoms with Crippen molar-refractivity contribution in [2.45, 2.75) is 64.6 Å². The number of ether oxygens (including phenoxy) is 1. The quantitative estimate of drug-likeness (QED) is 0.129. The summed E-state index contributed by atoms with van der Waals surface area (Å²) in [7, 11) is 0. The first-order chi connectivity index (χ1) is 25.4. The zero-order chi connectivity index (χ0) is 38.3. The molecule has 0 spiro atoms. The second-order valence-electron chi connectivity index (χ2n) is 13.4. The van der Waals surface area contributed by atoms with Crippen molar-refractivity contribution >= 4 is 47.0 Å². The number of benzene rings is 3. The lowest BCUT2D eigenvalue weighted by molar-refractivity contribution is -0.142. The lowest BCUT2D eigenvalue weighted by Crippen LogP contribution is -2.58. The molecule has 1 fully saturated rings. The third-order valence-electron chi connectivity index (χ3n) is 8.56. The Morgan fingerprint density at radius 2 is 1.36 bits per heavy atom. The molecule has 6 N–H and O–H groups in total. The lowest BCUT2D eigenvalue weighted by atomic mass is 10.0. The van der Waals surface area contributed by atoms with Gasteiger partial charge in [0.15, 0.2) is 0 Å². The number of hydrogen-bond donors (Lipinski definition) is 6. The van der Waals surface area contributed by atoms with Gasteiger partial charge in [-0.1, -0.05) is 74.5 Å². The second-order valence-corrected chi connectivity index (χ2v) is 13.4. The van der Waals surface area contributed by atoms with Gasteiger partial charge < -0.3 is 41.3 Å². The minimum absolute atomic E-state index is 0.0459. The van der Waals surface area contributed by atoms with E-state index in [2.05, 4.69) is 26.6 Å². The van der Waals surface area contributed by atoms with E-state index >= 15 is 0 Å². The Labute approximate surface area is 309 Å². The maximum Gasteiger partial charge on any atom is 0.323 e. The number of anilines is 2. The molecule has 3 aromatic carbocycles. The summed E-state index contributed by atoms with van der Waals surface area (Å²) in [4.78, 5) is 79.8. The lowest BCUT2D eigenvalue weighted by Gasteiger charge is -2.31. The SMILES string of the molecule is Cc1ccccc1NC(=O)Nc1ccc(CC(=O)NC(CC(C)C)C(=O)N[C@@H](CC(=O)O)C(=O)NC(Cc2ccccc2)C(=O)N2CCOCC2)cc1. The van der Waals surface area contributed by atoms with Gasteiger partial charge in [0, 0.05) is 30.9 Å². The van der Waals surface area contributed by atoms with Gasteiger partial charge in [-0.25, -0.2) is 4.79 Å². The highest BCUT2D eigenvalue weighted by Crippen LogP contribution is 2.16. The summed E-state index contributed by atoms with van der Waals surface area (Å²) >= 11 is 0. The highest BCUT2D eigenvalue weighted by molar-refractivity contribution is 6.00. The summed E-state index contributed by atoms with van der Waals surface area (Å²) in [6, 6.07) is 19.1. The van der Waals surface area contributed by atoms with Crippen molar-refractivity contribution in [2.75, 3.05) is 36.9 Å². The number of nitrogens with one attached hydrogen (secondary N) is 5. The Morgan fingerprint density at radius 1 is 0.736 bits per heavy atom. The van der Waals surface area contributed by atoms with Gasteiger partial charge in [-0.05, 0) is 54.2 Å². The van der Waals surface area contributed by atoms with Crippen molar-refractivity contribution < 1.29 is 38.6 Å². The molecule has 0 bridgehead atoms. The smallest absolute Gasteiger partial charge is 0.323 e. The highest BCUT2D eigenvalue weighted by atomic mass is 16.5. The van der Waals surface area contributed by atoms with E-state index in [-0.39, 0.29) is 31.1 Å². The summed E-state index contributed by atoms with van der Waals surface area (Å²) in [6.07, 6.45) is -0.460. The van der Waals surface area contributed by atoms with Crippen LogP contribution in [0, 0.1) is 12.8 Å². The van der Waals surface area contributed by atoms with Crippen LogP contribution in [0.1, 0.15) is 43.4 Å². The first-order valence-corrected chi connectivity index (χ1v) is 17.6. The van der Waals surface area contributed by atoms with Crippen molar-refractivity contribution in [3.63, 3.8) is 0 Å². The van der Waals surface area contributed by atoms with Crippen LogP contribution < -0.4 is 26.6 Å². The number of aryl methyl sites for hydroxylation is 1. The minimum atomic E-state index is -1.52. The highest BCUT2D eigenvalue weighted by Gasteiger charge is 2.33. The van der Waals surface area contributed by atoms with E-state index in [0.29, 0.717) is 43.2 Å². The maximum absolute atomic E-state index is 13.6. The molecule has 3 atom stereocenters. The minimum Gasteiger partial charge on any atom is -0.481 e. The van der Waals surface area contributed by atoms with E-state index < -0.39 is 54.3 Å². The zero-order valence-electron chi connectivity index (χ0n) is 30.2. The Bertz CT molecular complexity index is 1730. The number of carboxylic acid groups (broad SMARTS) is 1. The van der Waals surface area contributed by atoms with Crippen molar-refractivity contribution in [1.29, 1.82) is 0 Å². The molecule has 6 amide bonds. The van der Waals surface area contributed by atoms with Crippen LogP contribution in [0.3, 0.4) is 0 Å². The molecule has 3 aromatic rings. The van der Waals surface area contributed by atoms with E-state index in [1.54, 1.807) is 35.2 Å². The number of rotatable bonds is 16. The molecule has 1 heterocycles. The third kappa shape index (κ3) is 13.1. The second kappa shape index (κ2) is 19.7. The largest absolute Gasteiger partial charge is 0.481 e. The van der Waals surface area contributed by atoms with Gasteiger partial charge >= 0.3 is 12.0 Å². The predicted molar refractivity (Wildman–Crippen MR) is 199 cm³/mol. The standard InChI is InChI=1S/C39H48N6O8/c1-25(2)21-31(41-34(46)23-28-13-15-29(16-14-28)40-39(52)44-30-12-8-7-9-26(30)3)36(49)42-32(24-35(47)48)37(50)43-33(22-27-10-5-4-6-11-27)38(51)45-17-19-53-20-18-45/h4-16,25,31-33H,17-24H2,1-3H3,(H,41,46)(H,42,49)(H,43,50)(H,47,48)(H2,40,44,52)/t31?,32-,33?/m0/s1. The number of carbonyl (C=O) groups excluding carboxylic acids is 5. The first kappa shape index (κ1) is 40.0. The fourth-order valence-electron chi connectivity index (χ4n) is 5.82. The van der Waals surface area contributed by atoms with Gasteiger partial charge in [0.1, 0.15) is 18.1 Å². The average molecular weight is 729 g/mol. The number of morpholine rings is 1. The van der Waals surface area contributed by atoms with Crippen molar-refractivity contribution in [2.24, 2.45) is 5.92 Å². The van der Waals surface area contributed by atoms with E-state index in [0.717, 1.165) is 11.1 Å². The van der Waals surface area contributed by atoms with Gasteiger partial charge in [-0.15, -0.1) is 0 Å². The molecule has 0 saturated carbocycles.